The van der Waals surface area contributed by atoms with Gasteiger partial charge in [-0.15, -0.1) is 0 Å². The van der Waals surface area contributed by atoms with Crippen molar-refractivity contribution >= 4 is 37.6 Å². The highest BCUT2D eigenvalue weighted by atomic mass is 32.2. The topological polar surface area (TPSA) is 106 Å². The van der Waals surface area contributed by atoms with Crippen molar-refractivity contribution in [2.45, 2.75) is 11.4 Å². The molecule has 4 N–H and O–H groups in total. The Balaban J connectivity index is 1.52. The van der Waals surface area contributed by atoms with Crippen molar-refractivity contribution in [1.82, 2.24) is 14.5 Å². The molecule has 0 saturated heterocycles. The zero-order chi connectivity index (χ0) is 20.7. The summed E-state index contributed by atoms with van der Waals surface area (Å²) in [7, 11) is -3.71. The highest BCUT2D eigenvalue weighted by Gasteiger charge is 2.14. The zero-order valence-electron chi connectivity index (χ0n) is 15.9. The molecule has 2 aromatic heterocycles. The molecule has 7 nitrogen and oxygen atoms in total. The Hall–Kier alpha value is -3.62. The van der Waals surface area contributed by atoms with Gasteiger partial charge in [0.1, 0.15) is 11.6 Å². The fourth-order valence-electron chi connectivity index (χ4n) is 3.59. The molecule has 3 aromatic carbocycles. The Morgan fingerprint density at radius 3 is 2.47 bits per heavy atom. The molecule has 150 valence electrons. The van der Waals surface area contributed by atoms with Gasteiger partial charge in [0.2, 0.25) is 10.0 Å². The number of nitrogens with two attached hydrogens (primary N) is 1. The normalized spacial score (nSPS) is 11.9. The number of hydrogen-bond acceptors (Lipinski definition) is 4. The van der Waals surface area contributed by atoms with Crippen LogP contribution in [0.25, 0.3) is 27.8 Å². The van der Waals surface area contributed by atoms with Gasteiger partial charge in [-0.05, 0) is 48.5 Å². The van der Waals surface area contributed by atoms with Crippen molar-refractivity contribution < 1.29 is 8.42 Å². The van der Waals surface area contributed by atoms with E-state index in [0.717, 1.165) is 39.3 Å². The number of para-hydroxylation sites is 3. The standard InChI is InChI=1S/C22H19N5O2S/c23-30(28,29)17-11-9-16(10-12-17)24-14-22-26-19-7-3-4-8-20(19)27(22)21-13-15-5-1-2-6-18(15)25-21/h1-13,24-25H,14H2,(H2,23,28,29). The minimum Gasteiger partial charge on any atom is -0.378 e. The molecule has 0 spiro atoms. The number of fused-ring (bicyclic) bond motifs is 2. The molecule has 5 rings (SSSR count). The molecular weight excluding hydrogens is 398 g/mol. The quantitative estimate of drug-likeness (QED) is 0.405. The van der Waals surface area contributed by atoms with E-state index in [9.17, 15) is 8.42 Å². The molecule has 0 aliphatic rings. The minimum absolute atomic E-state index is 0.0818. The van der Waals surface area contributed by atoms with E-state index in [2.05, 4.69) is 27.0 Å². The summed E-state index contributed by atoms with van der Waals surface area (Å²) < 4.78 is 25.0. The Morgan fingerprint density at radius 1 is 0.967 bits per heavy atom. The van der Waals surface area contributed by atoms with Crippen LogP contribution < -0.4 is 10.5 Å². The van der Waals surface area contributed by atoms with Crippen molar-refractivity contribution in [3.8, 4) is 5.82 Å². The third kappa shape index (κ3) is 3.32. The number of anilines is 1. The van der Waals surface area contributed by atoms with E-state index in [0.29, 0.717) is 6.54 Å². The Bertz CT molecular complexity index is 1430. The first-order chi connectivity index (χ1) is 14.5. The van der Waals surface area contributed by atoms with Crippen LogP contribution in [0.3, 0.4) is 0 Å². The molecule has 5 aromatic rings. The van der Waals surface area contributed by atoms with Crippen LogP contribution in [-0.2, 0) is 16.6 Å². The number of rotatable bonds is 5. The third-order valence-corrected chi connectivity index (χ3v) is 5.95. The van der Waals surface area contributed by atoms with Crippen LogP contribution in [-0.4, -0.2) is 23.0 Å². The third-order valence-electron chi connectivity index (χ3n) is 5.02. The van der Waals surface area contributed by atoms with E-state index < -0.39 is 10.0 Å². The molecule has 0 atom stereocenters. The van der Waals surface area contributed by atoms with E-state index in [1.54, 1.807) is 12.1 Å². The lowest BCUT2D eigenvalue weighted by Crippen LogP contribution is -2.12. The lowest BCUT2D eigenvalue weighted by Gasteiger charge is -2.10. The van der Waals surface area contributed by atoms with Gasteiger partial charge >= 0.3 is 0 Å². The van der Waals surface area contributed by atoms with Gasteiger partial charge in [0.05, 0.1) is 22.5 Å². The Labute approximate surface area is 173 Å². The first-order valence-electron chi connectivity index (χ1n) is 9.40. The second kappa shape index (κ2) is 7.01. The summed E-state index contributed by atoms with van der Waals surface area (Å²) in [6, 6.07) is 24.6. The van der Waals surface area contributed by atoms with Crippen LogP contribution in [0.4, 0.5) is 5.69 Å². The van der Waals surface area contributed by atoms with E-state index >= 15 is 0 Å². The molecule has 0 aliphatic heterocycles. The minimum atomic E-state index is -3.71. The highest BCUT2D eigenvalue weighted by Crippen LogP contribution is 2.25. The molecule has 0 fully saturated rings. The molecule has 8 heteroatoms. The average molecular weight is 417 g/mol. The SMILES string of the molecule is NS(=O)(=O)c1ccc(NCc2nc3ccccc3n2-c2cc3ccccc3[nH]2)cc1. The lowest BCUT2D eigenvalue weighted by atomic mass is 10.2. The average Bonchev–Trinajstić information content (AvgIpc) is 3.32. The van der Waals surface area contributed by atoms with Crippen molar-refractivity contribution in [2.75, 3.05) is 5.32 Å². The lowest BCUT2D eigenvalue weighted by molar-refractivity contribution is 0.598. The second-order valence-electron chi connectivity index (χ2n) is 7.02. The summed E-state index contributed by atoms with van der Waals surface area (Å²) in [5, 5.41) is 9.61. The van der Waals surface area contributed by atoms with Gasteiger partial charge in [0, 0.05) is 16.6 Å². The van der Waals surface area contributed by atoms with Gasteiger partial charge in [-0.1, -0.05) is 30.3 Å². The fourth-order valence-corrected chi connectivity index (χ4v) is 4.10. The first kappa shape index (κ1) is 18.4. The Morgan fingerprint density at radius 2 is 1.70 bits per heavy atom. The van der Waals surface area contributed by atoms with Crippen LogP contribution in [0.2, 0.25) is 0 Å². The number of nitrogens with zero attached hydrogens (tertiary/aromatic N) is 2. The van der Waals surface area contributed by atoms with E-state index in [1.807, 2.05) is 42.5 Å². The Kier molecular flexibility index (Phi) is 4.30. The van der Waals surface area contributed by atoms with Gasteiger partial charge in [-0.3, -0.25) is 4.57 Å². The number of H-pyrrole nitrogens is 1. The van der Waals surface area contributed by atoms with Gasteiger partial charge in [0.15, 0.2) is 0 Å². The summed E-state index contributed by atoms with van der Waals surface area (Å²) in [4.78, 5) is 8.34. The number of sulfonamides is 1. The van der Waals surface area contributed by atoms with Crippen molar-refractivity contribution in [3.05, 3.63) is 84.7 Å². The van der Waals surface area contributed by atoms with Gasteiger partial charge in [0.25, 0.3) is 0 Å². The summed E-state index contributed by atoms with van der Waals surface area (Å²) in [5.74, 6) is 1.77. The van der Waals surface area contributed by atoms with Crippen molar-refractivity contribution in [2.24, 2.45) is 5.14 Å². The predicted molar refractivity (Wildman–Crippen MR) is 118 cm³/mol. The van der Waals surface area contributed by atoms with Crippen LogP contribution in [0.5, 0.6) is 0 Å². The maximum Gasteiger partial charge on any atom is 0.238 e. The summed E-state index contributed by atoms with van der Waals surface area (Å²) >= 11 is 0. The van der Waals surface area contributed by atoms with Gasteiger partial charge in [-0.25, -0.2) is 18.5 Å². The summed E-state index contributed by atoms with van der Waals surface area (Å²) in [6.45, 7) is 0.457. The molecule has 2 heterocycles. The zero-order valence-corrected chi connectivity index (χ0v) is 16.7. The number of aromatic nitrogens is 3. The van der Waals surface area contributed by atoms with Gasteiger partial charge < -0.3 is 10.3 Å². The molecule has 0 saturated carbocycles. The summed E-state index contributed by atoms with van der Waals surface area (Å²) in [5.41, 5.74) is 3.74. The fraction of sp³-hybridized carbons (Fsp3) is 0.0455. The predicted octanol–water partition coefficient (Wildman–Crippen LogP) is 3.77. The van der Waals surface area contributed by atoms with Crippen LogP contribution in [0.1, 0.15) is 5.82 Å². The smallest absolute Gasteiger partial charge is 0.238 e. The molecular formula is C22H19N5O2S. The molecule has 0 amide bonds. The number of benzene rings is 3. The number of imidazole rings is 1. The van der Waals surface area contributed by atoms with Crippen molar-refractivity contribution in [1.29, 1.82) is 0 Å². The largest absolute Gasteiger partial charge is 0.378 e. The molecule has 0 bridgehead atoms. The van der Waals surface area contributed by atoms with Crippen LogP contribution in [0, 0.1) is 0 Å². The second-order valence-corrected chi connectivity index (χ2v) is 8.58. The first-order valence-corrected chi connectivity index (χ1v) is 10.9. The maximum atomic E-state index is 11.4. The number of primary sulfonamides is 1. The van der Waals surface area contributed by atoms with Gasteiger partial charge in [-0.2, -0.15) is 0 Å². The molecule has 0 radical (unpaired) electrons. The number of aromatic amines is 1. The summed E-state index contributed by atoms with van der Waals surface area (Å²) in [6.07, 6.45) is 0. The molecule has 0 unspecified atom stereocenters. The van der Waals surface area contributed by atoms with E-state index in [-0.39, 0.29) is 4.90 Å². The maximum absolute atomic E-state index is 11.4. The highest BCUT2D eigenvalue weighted by molar-refractivity contribution is 7.89. The molecule has 30 heavy (non-hydrogen) atoms. The van der Waals surface area contributed by atoms with Crippen molar-refractivity contribution in [3.63, 3.8) is 0 Å². The van der Waals surface area contributed by atoms with E-state index in [4.69, 9.17) is 10.1 Å². The number of nitrogens with one attached hydrogen (secondary N) is 2. The van der Waals surface area contributed by atoms with E-state index in [1.165, 1.54) is 12.1 Å². The van der Waals surface area contributed by atoms with Crippen LogP contribution >= 0.6 is 0 Å². The monoisotopic (exact) mass is 417 g/mol. The molecule has 0 aliphatic carbocycles. The van der Waals surface area contributed by atoms with Crippen LogP contribution in [0.15, 0.2) is 83.8 Å². The number of hydrogen-bond donors (Lipinski definition) is 3.